The number of nitrogens with zero attached hydrogens (tertiary/aromatic N) is 3. The number of halogens is 3. The number of alkyl halides is 2. The van der Waals surface area contributed by atoms with Gasteiger partial charge in [-0.2, -0.15) is 0 Å². The number of amides is 1. The first-order valence-corrected chi connectivity index (χ1v) is 8.54. The van der Waals surface area contributed by atoms with Crippen molar-refractivity contribution in [1.29, 1.82) is 0 Å². The zero-order chi connectivity index (χ0) is 18.2. The molecule has 2 saturated heterocycles. The maximum absolute atomic E-state index is 14.2. The summed E-state index contributed by atoms with van der Waals surface area (Å²) < 4.78 is 33.4. The maximum Gasteiger partial charge on any atom is 0.416 e. The second-order valence-corrected chi connectivity index (χ2v) is 7.07. The molecule has 138 valence electrons. The van der Waals surface area contributed by atoms with Gasteiger partial charge in [0.25, 0.3) is 5.92 Å². The second kappa shape index (κ2) is 7.01. The van der Waals surface area contributed by atoms with Crippen LogP contribution in [-0.4, -0.2) is 63.3 Å². The van der Waals surface area contributed by atoms with Gasteiger partial charge < -0.3 is 14.7 Å². The van der Waals surface area contributed by atoms with Gasteiger partial charge in [0, 0.05) is 37.3 Å². The van der Waals surface area contributed by atoms with Crippen LogP contribution in [0.3, 0.4) is 0 Å². The molecule has 3 rings (SSSR count). The molecule has 0 aromatic carbocycles. The van der Waals surface area contributed by atoms with E-state index < -0.39 is 37.3 Å². The van der Waals surface area contributed by atoms with Gasteiger partial charge in [0.15, 0.2) is 0 Å². The molecule has 0 saturated carbocycles. The van der Waals surface area contributed by atoms with Crippen LogP contribution in [0.25, 0.3) is 0 Å². The third-order valence-corrected chi connectivity index (χ3v) is 4.88. The number of pyridine rings is 1. The maximum atomic E-state index is 14.2. The Morgan fingerprint density at radius 1 is 1.44 bits per heavy atom. The lowest BCUT2D eigenvalue weighted by molar-refractivity contribution is -0.112. The Bertz CT molecular complexity index is 622. The van der Waals surface area contributed by atoms with Gasteiger partial charge in [-0.15, -0.1) is 0 Å². The van der Waals surface area contributed by atoms with E-state index in [1.165, 1.54) is 18.3 Å². The quantitative estimate of drug-likeness (QED) is 0.861. The molecule has 6 nitrogen and oxygen atoms in total. The standard InChI is InChI=1S/C16H20ClF2N3O3/c1-10-2-5-14(23)22(10)12-6-16(18,19)9-21(8-12)15(24)25-13-4-3-11(17)7-20-13/h3-4,7,10,12,14,23H,2,5-6,8-9H2,1H3/t10-,12?,14?/m1/s1. The van der Waals surface area contributed by atoms with Crippen molar-refractivity contribution >= 4 is 17.7 Å². The Kier molecular flexibility index (Phi) is 5.13. The van der Waals surface area contributed by atoms with Crippen LogP contribution < -0.4 is 4.74 Å². The fourth-order valence-electron chi connectivity index (χ4n) is 3.57. The van der Waals surface area contributed by atoms with Gasteiger partial charge in [0.2, 0.25) is 5.88 Å². The smallest absolute Gasteiger partial charge is 0.391 e. The van der Waals surface area contributed by atoms with Crippen LogP contribution in [0.1, 0.15) is 26.2 Å². The Balaban J connectivity index is 1.71. The van der Waals surface area contributed by atoms with E-state index in [0.29, 0.717) is 11.4 Å². The second-order valence-electron chi connectivity index (χ2n) is 6.63. The van der Waals surface area contributed by atoms with Crippen LogP contribution >= 0.6 is 11.6 Å². The molecule has 1 aromatic rings. The van der Waals surface area contributed by atoms with E-state index in [0.717, 1.165) is 11.3 Å². The number of aromatic nitrogens is 1. The first kappa shape index (κ1) is 18.3. The minimum atomic E-state index is -3.04. The average molecular weight is 376 g/mol. The molecular formula is C16H20ClF2N3O3. The summed E-state index contributed by atoms with van der Waals surface area (Å²) in [5.41, 5.74) is 0. The zero-order valence-electron chi connectivity index (χ0n) is 13.7. The summed E-state index contributed by atoms with van der Waals surface area (Å²) in [4.78, 5) is 18.8. The number of carbonyl (C=O) groups is 1. The largest absolute Gasteiger partial charge is 0.416 e. The monoisotopic (exact) mass is 375 g/mol. The van der Waals surface area contributed by atoms with Gasteiger partial charge in [-0.05, 0) is 25.8 Å². The van der Waals surface area contributed by atoms with Crippen molar-refractivity contribution in [3.05, 3.63) is 23.4 Å². The van der Waals surface area contributed by atoms with Crippen molar-refractivity contribution in [2.75, 3.05) is 13.1 Å². The molecule has 2 unspecified atom stereocenters. The average Bonchev–Trinajstić information content (AvgIpc) is 2.87. The lowest BCUT2D eigenvalue weighted by Crippen LogP contribution is -2.59. The van der Waals surface area contributed by atoms with Crippen LogP contribution in [0.2, 0.25) is 5.02 Å². The molecule has 0 radical (unpaired) electrons. The molecule has 3 heterocycles. The van der Waals surface area contributed by atoms with Crippen molar-refractivity contribution < 1.29 is 23.4 Å². The van der Waals surface area contributed by atoms with Gasteiger partial charge in [0.1, 0.15) is 6.23 Å². The van der Waals surface area contributed by atoms with Gasteiger partial charge in [-0.1, -0.05) is 11.6 Å². The summed E-state index contributed by atoms with van der Waals surface area (Å²) >= 11 is 5.71. The summed E-state index contributed by atoms with van der Waals surface area (Å²) in [6, 6.07) is 2.26. The number of likely N-dealkylation sites (tertiary alicyclic amines) is 2. The molecule has 0 bridgehead atoms. The Morgan fingerprint density at radius 2 is 2.20 bits per heavy atom. The summed E-state index contributed by atoms with van der Waals surface area (Å²) in [5.74, 6) is -3.05. The normalized spacial score (nSPS) is 29.6. The summed E-state index contributed by atoms with van der Waals surface area (Å²) in [5, 5.41) is 10.5. The van der Waals surface area contributed by atoms with Crippen molar-refractivity contribution in [3.8, 4) is 5.88 Å². The van der Waals surface area contributed by atoms with E-state index in [4.69, 9.17) is 16.3 Å². The van der Waals surface area contributed by atoms with E-state index in [1.54, 1.807) is 4.90 Å². The topological polar surface area (TPSA) is 65.9 Å². The lowest BCUT2D eigenvalue weighted by atomic mass is 10.00. The number of piperidine rings is 1. The number of hydrogen-bond donors (Lipinski definition) is 1. The van der Waals surface area contributed by atoms with E-state index in [1.807, 2.05) is 6.92 Å². The molecule has 1 N–H and O–H groups in total. The third-order valence-electron chi connectivity index (χ3n) is 4.66. The first-order valence-electron chi connectivity index (χ1n) is 8.17. The van der Waals surface area contributed by atoms with Crippen LogP contribution in [0.4, 0.5) is 13.6 Å². The minimum Gasteiger partial charge on any atom is -0.391 e. The van der Waals surface area contributed by atoms with Crippen molar-refractivity contribution in [1.82, 2.24) is 14.8 Å². The first-order chi connectivity index (χ1) is 11.7. The Hall–Kier alpha value is -1.51. The van der Waals surface area contributed by atoms with Crippen LogP contribution in [-0.2, 0) is 0 Å². The summed E-state index contributed by atoms with van der Waals surface area (Å²) in [7, 11) is 0. The van der Waals surface area contributed by atoms with Crippen molar-refractivity contribution in [2.45, 2.75) is 50.4 Å². The van der Waals surface area contributed by atoms with Gasteiger partial charge in [-0.3, -0.25) is 4.90 Å². The minimum absolute atomic E-state index is 0.00517. The molecule has 3 atom stereocenters. The number of ether oxygens (including phenoxy) is 1. The third kappa shape index (κ3) is 4.19. The molecule has 1 aromatic heterocycles. The fourth-order valence-corrected chi connectivity index (χ4v) is 3.68. The van der Waals surface area contributed by atoms with Crippen LogP contribution in [0.15, 0.2) is 18.3 Å². The highest BCUT2D eigenvalue weighted by atomic mass is 35.5. The zero-order valence-corrected chi connectivity index (χ0v) is 14.5. The van der Waals surface area contributed by atoms with E-state index in [9.17, 15) is 18.7 Å². The van der Waals surface area contributed by atoms with Crippen molar-refractivity contribution in [3.63, 3.8) is 0 Å². The molecule has 25 heavy (non-hydrogen) atoms. The molecule has 0 spiro atoms. The molecule has 1 amide bonds. The predicted octanol–water partition coefficient (Wildman–Crippen LogP) is 2.75. The molecule has 9 heteroatoms. The SMILES string of the molecule is C[C@@H]1CCC(O)N1C1CN(C(=O)Oc2ccc(Cl)cn2)CC(F)(F)C1. The Morgan fingerprint density at radius 3 is 2.80 bits per heavy atom. The van der Waals surface area contributed by atoms with Gasteiger partial charge in [-0.25, -0.2) is 18.6 Å². The van der Waals surface area contributed by atoms with Crippen molar-refractivity contribution in [2.24, 2.45) is 0 Å². The van der Waals surface area contributed by atoms with E-state index in [-0.39, 0.29) is 18.5 Å². The molecular weight excluding hydrogens is 356 g/mol. The van der Waals surface area contributed by atoms with Gasteiger partial charge >= 0.3 is 6.09 Å². The van der Waals surface area contributed by atoms with Crippen LogP contribution in [0.5, 0.6) is 5.88 Å². The molecule has 2 aliphatic heterocycles. The number of carbonyl (C=O) groups excluding carboxylic acids is 1. The number of aliphatic hydroxyl groups is 1. The van der Waals surface area contributed by atoms with Gasteiger partial charge in [0.05, 0.1) is 11.6 Å². The highest BCUT2D eigenvalue weighted by molar-refractivity contribution is 6.30. The van der Waals surface area contributed by atoms with Crippen LogP contribution in [0, 0.1) is 0 Å². The molecule has 2 fully saturated rings. The Labute approximate surface area is 149 Å². The highest BCUT2D eigenvalue weighted by Crippen LogP contribution is 2.35. The lowest BCUT2D eigenvalue weighted by Gasteiger charge is -2.43. The number of aliphatic hydroxyl groups excluding tert-OH is 1. The molecule has 0 aliphatic carbocycles. The number of hydrogen-bond acceptors (Lipinski definition) is 5. The van der Waals surface area contributed by atoms with E-state index in [2.05, 4.69) is 4.98 Å². The summed E-state index contributed by atoms with van der Waals surface area (Å²) in [6.45, 7) is 1.25. The number of rotatable bonds is 2. The fraction of sp³-hybridized carbons (Fsp3) is 0.625. The summed E-state index contributed by atoms with van der Waals surface area (Å²) in [6.07, 6.45) is 0.549. The van der Waals surface area contributed by atoms with E-state index >= 15 is 0 Å². The predicted molar refractivity (Wildman–Crippen MR) is 86.7 cm³/mol. The highest BCUT2D eigenvalue weighted by Gasteiger charge is 2.47. The molecule has 2 aliphatic rings.